The van der Waals surface area contributed by atoms with Crippen molar-refractivity contribution in [2.75, 3.05) is 6.54 Å². The van der Waals surface area contributed by atoms with E-state index in [1.54, 1.807) is 19.1 Å². The molecule has 0 bridgehead atoms. The lowest BCUT2D eigenvalue weighted by Crippen LogP contribution is -2.45. The van der Waals surface area contributed by atoms with Gasteiger partial charge in [-0.2, -0.15) is 0 Å². The number of hydrogen-bond donors (Lipinski definition) is 2. The van der Waals surface area contributed by atoms with Crippen molar-refractivity contribution < 1.29 is 9.59 Å². The van der Waals surface area contributed by atoms with Gasteiger partial charge in [0.15, 0.2) is 0 Å². The summed E-state index contributed by atoms with van der Waals surface area (Å²) in [6.45, 7) is 6.19. The minimum atomic E-state index is -0.594. The zero-order chi connectivity index (χ0) is 19.4. The summed E-state index contributed by atoms with van der Waals surface area (Å²) >= 11 is 0. The van der Waals surface area contributed by atoms with E-state index in [4.69, 9.17) is 0 Å². The normalized spacial score (nSPS) is 12.0. The standard InChI is InChI=1S/C21H24N4O2/c1-4-12-22-20(26)14(2)23-21(27)16-10-11-19-18(13-16)24-15(3)25(19)17-8-6-5-7-9-17/h5-11,13-14H,4,12H2,1-3H3,(H,22,26)(H,23,27). The number of aryl methyl sites for hydroxylation is 1. The predicted molar refractivity (Wildman–Crippen MR) is 106 cm³/mol. The molecule has 0 fully saturated rings. The number of nitrogens with one attached hydrogen (secondary N) is 2. The van der Waals surface area contributed by atoms with Crippen molar-refractivity contribution in [3.63, 3.8) is 0 Å². The maximum atomic E-state index is 12.5. The molecule has 2 amide bonds. The Kier molecular flexibility index (Phi) is 5.54. The molecule has 1 atom stereocenters. The number of fused-ring (bicyclic) bond motifs is 1. The molecule has 3 rings (SSSR count). The monoisotopic (exact) mass is 364 g/mol. The molecule has 27 heavy (non-hydrogen) atoms. The topological polar surface area (TPSA) is 76.0 Å². The molecule has 1 unspecified atom stereocenters. The van der Waals surface area contributed by atoms with Crippen molar-refractivity contribution in [1.82, 2.24) is 20.2 Å². The van der Waals surface area contributed by atoms with Gasteiger partial charge in [-0.05, 0) is 50.6 Å². The highest BCUT2D eigenvalue weighted by molar-refractivity contribution is 6.00. The van der Waals surface area contributed by atoms with E-state index >= 15 is 0 Å². The lowest BCUT2D eigenvalue weighted by atomic mass is 10.1. The number of rotatable bonds is 6. The fraction of sp³-hybridized carbons (Fsp3) is 0.286. The first-order valence-corrected chi connectivity index (χ1v) is 9.14. The molecule has 0 aliphatic carbocycles. The number of benzene rings is 2. The highest BCUT2D eigenvalue weighted by Crippen LogP contribution is 2.22. The van der Waals surface area contributed by atoms with Crippen LogP contribution in [0.4, 0.5) is 0 Å². The van der Waals surface area contributed by atoms with Crippen LogP contribution in [0.1, 0.15) is 36.5 Å². The van der Waals surface area contributed by atoms with Gasteiger partial charge in [-0.15, -0.1) is 0 Å². The molecule has 0 spiro atoms. The van der Waals surface area contributed by atoms with Crippen molar-refractivity contribution in [3.05, 3.63) is 59.9 Å². The molecule has 2 N–H and O–H groups in total. The first-order chi connectivity index (χ1) is 13.0. The van der Waals surface area contributed by atoms with Crippen LogP contribution in [0.25, 0.3) is 16.7 Å². The Hall–Kier alpha value is -3.15. The molecule has 1 heterocycles. The molecule has 6 heteroatoms. The molecule has 0 aliphatic heterocycles. The van der Waals surface area contributed by atoms with Gasteiger partial charge in [-0.3, -0.25) is 14.2 Å². The SMILES string of the molecule is CCCNC(=O)C(C)NC(=O)c1ccc2c(c1)nc(C)n2-c1ccccc1. The van der Waals surface area contributed by atoms with E-state index < -0.39 is 6.04 Å². The van der Waals surface area contributed by atoms with E-state index in [-0.39, 0.29) is 11.8 Å². The van der Waals surface area contributed by atoms with Crippen molar-refractivity contribution >= 4 is 22.8 Å². The van der Waals surface area contributed by atoms with Crippen LogP contribution in [0, 0.1) is 6.92 Å². The maximum Gasteiger partial charge on any atom is 0.251 e. The number of carbonyl (C=O) groups is 2. The molecule has 0 aliphatic rings. The number of para-hydroxylation sites is 1. The van der Waals surface area contributed by atoms with Crippen molar-refractivity contribution in [1.29, 1.82) is 0 Å². The minimum absolute atomic E-state index is 0.185. The number of nitrogens with zero attached hydrogens (tertiary/aromatic N) is 2. The number of hydrogen-bond acceptors (Lipinski definition) is 3. The average molecular weight is 364 g/mol. The molecule has 2 aromatic carbocycles. The summed E-state index contributed by atoms with van der Waals surface area (Å²) in [4.78, 5) is 29.0. The van der Waals surface area contributed by atoms with Gasteiger partial charge in [-0.25, -0.2) is 4.98 Å². The smallest absolute Gasteiger partial charge is 0.251 e. The van der Waals surface area contributed by atoms with Gasteiger partial charge >= 0.3 is 0 Å². The van der Waals surface area contributed by atoms with Crippen LogP contribution in [0.5, 0.6) is 0 Å². The summed E-state index contributed by atoms with van der Waals surface area (Å²) in [5.41, 5.74) is 3.18. The lowest BCUT2D eigenvalue weighted by molar-refractivity contribution is -0.122. The third-order valence-corrected chi connectivity index (χ3v) is 4.39. The summed E-state index contributed by atoms with van der Waals surface area (Å²) in [6, 6.07) is 14.8. The van der Waals surface area contributed by atoms with Crippen molar-refractivity contribution in [3.8, 4) is 5.69 Å². The summed E-state index contributed by atoms with van der Waals surface area (Å²) in [5, 5.41) is 5.52. The van der Waals surface area contributed by atoms with Crippen LogP contribution in [-0.2, 0) is 4.79 Å². The Labute approximate surface area is 158 Å². The average Bonchev–Trinajstić information content (AvgIpc) is 3.01. The molecule has 0 saturated heterocycles. The third-order valence-electron chi connectivity index (χ3n) is 4.39. The second-order valence-electron chi connectivity index (χ2n) is 6.52. The van der Waals surface area contributed by atoms with Gasteiger partial charge in [0.25, 0.3) is 5.91 Å². The summed E-state index contributed by atoms with van der Waals surface area (Å²) in [6.07, 6.45) is 0.854. The second kappa shape index (κ2) is 8.03. The first-order valence-electron chi connectivity index (χ1n) is 9.14. The maximum absolute atomic E-state index is 12.5. The van der Waals surface area contributed by atoms with Crippen LogP contribution in [0.15, 0.2) is 48.5 Å². The summed E-state index contributed by atoms with van der Waals surface area (Å²) < 4.78 is 2.05. The highest BCUT2D eigenvalue weighted by Gasteiger charge is 2.17. The molecule has 3 aromatic rings. The first kappa shape index (κ1) is 18.6. The van der Waals surface area contributed by atoms with Crippen LogP contribution >= 0.6 is 0 Å². The Morgan fingerprint density at radius 2 is 1.89 bits per heavy atom. The van der Waals surface area contributed by atoms with Crippen molar-refractivity contribution in [2.45, 2.75) is 33.2 Å². The van der Waals surface area contributed by atoms with E-state index in [0.29, 0.717) is 12.1 Å². The number of imidazole rings is 1. The summed E-state index contributed by atoms with van der Waals surface area (Å²) in [5.74, 6) is 0.375. The van der Waals surface area contributed by atoms with Crippen molar-refractivity contribution in [2.24, 2.45) is 0 Å². The Morgan fingerprint density at radius 1 is 1.15 bits per heavy atom. The van der Waals surface area contributed by atoms with Crippen LogP contribution in [0.3, 0.4) is 0 Å². The van der Waals surface area contributed by atoms with Crippen LogP contribution in [-0.4, -0.2) is 34.0 Å². The molecule has 1 aromatic heterocycles. The van der Waals surface area contributed by atoms with Gasteiger partial charge in [0.2, 0.25) is 5.91 Å². The number of amides is 2. The largest absolute Gasteiger partial charge is 0.354 e. The molecule has 0 radical (unpaired) electrons. The predicted octanol–water partition coefficient (Wildman–Crippen LogP) is 2.98. The van der Waals surface area contributed by atoms with E-state index in [1.165, 1.54) is 0 Å². The molecular formula is C21H24N4O2. The molecular weight excluding hydrogens is 340 g/mol. The lowest BCUT2D eigenvalue weighted by Gasteiger charge is -2.14. The van der Waals surface area contributed by atoms with Gasteiger partial charge in [0, 0.05) is 17.8 Å². The number of carbonyl (C=O) groups excluding carboxylic acids is 2. The van der Waals surface area contributed by atoms with Gasteiger partial charge < -0.3 is 10.6 Å². The number of aromatic nitrogens is 2. The Balaban J connectivity index is 1.83. The summed E-state index contributed by atoms with van der Waals surface area (Å²) in [7, 11) is 0. The van der Waals surface area contributed by atoms with E-state index in [2.05, 4.69) is 20.2 Å². The quantitative estimate of drug-likeness (QED) is 0.706. The second-order valence-corrected chi connectivity index (χ2v) is 6.52. The molecule has 0 saturated carbocycles. The fourth-order valence-corrected chi connectivity index (χ4v) is 2.99. The van der Waals surface area contributed by atoms with Gasteiger partial charge in [0.05, 0.1) is 11.0 Å². The minimum Gasteiger partial charge on any atom is -0.354 e. The van der Waals surface area contributed by atoms with Crippen LogP contribution in [0.2, 0.25) is 0 Å². The molecule has 6 nitrogen and oxygen atoms in total. The van der Waals surface area contributed by atoms with Crippen LogP contribution < -0.4 is 10.6 Å². The van der Waals surface area contributed by atoms with E-state index in [0.717, 1.165) is 29.0 Å². The molecule has 140 valence electrons. The van der Waals surface area contributed by atoms with Gasteiger partial charge in [-0.1, -0.05) is 25.1 Å². The third kappa shape index (κ3) is 4.00. The zero-order valence-electron chi connectivity index (χ0n) is 15.8. The highest BCUT2D eigenvalue weighted by atomic mass is 16.2. The Morgan fingerprint density at radius 3 is 2.59 bits per heavy atom. The Bertz CT molecular complexity index is 963. The van der Waals surface area contributed by atoms with E-state index in [1.807, 2.05) is 50.2 Å². The fourth-order valence-electron chi connectivity index (χ4n) is 2.99. The zero-order valence-corrected chi connectivity index (χ0v) is 15.8. The van der Waals surface area contributed by atoms with E-state index in [9.17, 15) is 9.59 Å². The van der Waals surface area contributed by atoms with Gasteiger partial charge in [0.1, 0.15) is 11.9 Å².